The lowest BCUT2D eigenvalue weighted by Gasteiger charge is -2.30. The Morgan fingerprint density at radius 3 is 3.00 bits per heavy atom. The number of aryl methyl sites for hydroxylation is 1. The zero-order valence-electron chi connectivity index (χ0n) is 11.7. The van der Waals surface area contributed by atoms with Crippen LogP contribution in [0.1, 0.15) is 37.3 Å². The van der Waals surface area contributed by atoms with Crippen molar-refractivity contribution in [2.45, 2.75) is 45.7 Å². The number of likely N-dealkylation sites (N-methyl/N-ethyl adjacent to an activating group) is 1. The average molecular weight is 247 g/mol. The molecule has 1 fully saturated rings. The summed E-state index contributed by atoms with van der Waals surface area (Å²) in [5.74, 6) is 0. The summed E-state index contributed by atoms with van der Waals surface area (Å²) < 4.78 is 0. The number of hydrogen-bond donors (Lipinski definition) is 1. The quantitative estimate of drug-likeness (QED) is 0.865. The molecular weight excluding hydrogens is 222 g/mol. The largest absolute Gasteiger partial charge is 0.313 e. The number of aromatic nitrogens is 1. The Bertz CT molecular complexity index is 359. The summed E-state index contributed by atoms with van der Waals surface area (Å²) in [4.78, 5) is 6.76. The van der Waals surface area contributed by atoms with Crippen LogP contribution in [0, 0.1) is 6.92 Å². The van der Waals surface area contributed by atoms with Crippen molar-refractivity contribution in [3.8, 4) is 0 Å². The first-order chi connectivity index (χ1) is 8.79. The predicted octanol–water partition coefficient (Wildman–Crippen LogP) is 2.35. The van der Waals surface area contributed by atoms with E-state index in [4.69, 9.17) is 0 Å². The van der Waals surface area contributed by atoms with E-state index in [1.54, 1.807) is 0 Å². The molecule has 0 amide bonds. The van der Waals surface area contributed by atoms with E-state index in [0.717, 1.165) is 19.6 Å². The monoisotopic (exact) mass is 247 g/mol. The third-order valence-corrected chi connectivity index (χ3v) is 3.88. The molecule has 0 bridgehead atoms. The van der Waals surface area contributed by atoms with E-state index in [1.165, 1.54) is 36.9 Å². The number of piperidine rings is 1. The van der Waals surface area contributed by atoms with E-state index >= 15 is 0 Å². The van der Waals surface area contributed by atoms with Gasteiger partial charge in [-0.05, 0) is 50.0 Å². The second-order valence-electron chi connectivity index (χ2n) is 5.28. The van der Waals surface area contributed by atoms with Gasteiger partial charge < -0.3 is 5.32 Å². The van der Waals surface area contributed by atoms with Crippen LogP contribution in [0.25, 0.3) is 0 Å². The van der Waals surface area contributed by atoms with Crippen LogP contribution in [0.4, 0.5) is 0 Å². The number of rotatable bonds is 5. The molecule has 1 atom stereocenters. The fraction of sp³-hybridized carbons (Fsp3) is 0.667. The van der Waals surface area contributed by atoms with Crippen molar-refractivity contribution in [1.29, 1.82) is 0 Å². The number of nitrogens with one attached hydrogen (secondary N) is 1. The van der Waals surface area contributed by atoms with Gasteiger partial charge in [0.05, 0.1) is 0 Å². The Kier molecular flexibility index (Phi) is 5.14. The van der Waals surface area contributed by atoms with Crippen molar-refractivity contribution >= 4 is 0 Å². The third kappa shape index (κ3) is 3.79. The van der Waals surface area contributed by atoms with Crippen LogP contribution < -0.4 is 5.32 Å². The summed E-state index contributed by atoms with van der Waals surface area (Å²) in [6, 6.07) is 2.78. The van der Waals surface area contributed by atoms with Crippen molar-refractivity contribution in [3.05, 3.63) is 29.6 Å². The lowest BCUT2D eigenvalue weighted by molar-refractivity contribution is 0.226. The van der Waals surface area contributed by atoms with Gasteiger partial charge in [-0.25, -0.2) is 0 Å². The standard InChI is InChI=1S/C15H25N3/c1-3-18(12-15-6-4-5-8-17-15)11-14-10-16-9-7-13(14)2/h7,9-10,15,17H,3-6,8,11-12H2,1-2H3. The highest BCUT2D eigenvalue weighted by Gasteiger charge is 2.16. The van der Waals surface area contributed by atoms with Gasteiger partial charge in [0.15, 0.2) is 0 Å². The molecular formula is C15H25N3. The number of pyridine rings is 1. The minimum atomic E-state index is 0.677. The minimum Gasteiger partial charge on any atom is -0.313 e. The second kappa shape index (κ2) is 6.86. The molecule has 0 aliphatic carbocycles. The third-order valence-electron chi connectivity index (χ3n) is 3.88. The zero-order chi connectivity index (χ0) is 12.8. The number of hydrogen-bond acceptors (Lipinski definition) is 3. The van der Waals surface area contributed by atoms with Gasteiger partial charge in [-0.15, -0.1) is 0 Å². The highest BCUT2D eigenvalue weighted by molar-refractivity contribution is 5.21. The molecule has 2 rings (SSSR count). The summed E-state index contributed by atoms with van der Waals surface area (Å²) in [5, 5.41) is 3.63. The Labute approximate surface area is 111 Å². The van der Waals surface area contributed by atoms with Gasteiger partial charge >= 0.3 is 0 Å². The summed E-state index contributed by atoms with van der Waals surface area (Å²) in [5.41, 5.74) is 2.70. The average Bonchev–Trinajstić information content (AvgIpc) is 2.41. The zero-order valence-corrected chi connectivity index (χ0v) is 11.7. The molecule has 3 heteroatoms. The summed E-state index contributed by atoms with van der Waals surface area (Å²) in [7, 11) is 0. The fourth-order valence-corrected chi connectivity index (χ4v) is 2.60. The van der Waals surface area contributed by atoms with Crippen molar-refractivity contribution in [2.24, 2.45) is 0 Å². The SMILES string of the molecule is CCN(Cc1cnccc1C)CC1CCCCN1. The molecule has 0 saturated carbocycles. The molecule has 18 heavy (non-hydrogen) atoms. The smallest absolute Gasteiger partial charge is 0.0315 e. The molecule has 1 aromatic heterocycles. The van der Waals surface area contributed by atoms with Gasteiger partial charge in [0.25, 0.3) is 0 Å². The van der Waals surface area contributed by atoms with E-state index in [-0.39, 0.29) is 0 Å². The Balaban J connectivity index is 1.90. The van der Waals surface area contributed by atoms with Gasteiger partial charge in [0.1, 0.15) is 0 Å². The van der Waals surface area contributed by atoms with Crippen LogP contribution in [0.2, 0.25) is 0 Å². The maximum Gasteiger partial charge on any atom is 0.0315 e. The lowest BCUT2D eigenvalue weighted by atomic mass is 10.0. The Morgan fingerprint density at radius 1 is 1.44 bits per heavy atom. The normalized spacial score (nSPS) is 20.3. The first-order valence-corrected chi connectivity index (χ1v) is 7.15. The topological polar surface area (TPSA) is 28.2 Å². The van der Waals surface area contributed by atoms with Crippen molar-refractivity contribution in [2.75, 3.05) is 19.6 Å². The molecule has 3 nitrogen and oxygen atoms in total. The second-order valence-corrected chi connectivity index (χ2v) is 5.28. The first-order valence-electron chi connectivity index (χ1n) is 7.15. The van der Waals surface area contributed by atoms with Gasteiger partial charge in [0.2, 0.25) is 0 Å². The molecule has 1 N–H and O–H groups in total. The van der Waals surface area contributed by atoms with Crippen LogP contribution in [-0.2, 0) is 6.54 Å². The molecule has 0 aromatic carbocycles. The van der Waals surface area contributed by atoms with Crippen molar-refractivity contribution in [1.82, 2.24) is 15.2 Å². The molecule has 1 unspecified atom stereocenters. The maximum absolute atomic E-state index is 4.24. The van der Waals surface area contributed by atoms with E-state index in [0.29, 0.717) is 6.04 Å². The fourth-order valence-electron chi connectivity index (χ4n) is 2.60. The Hall–Kier alpha value is -0.930. The molecule has 1 saturated heterocycles. The first kappa shape index (κ1) is 13.5. The molecule has 1 aliphatic heterocycles. The summed E-state index contributed by atoms with van der Waals surface area (Å²) >= 11 is 0. The molecule has 0 spiro atoms. The van der Waals surface area contributed by atoms with Crippen LogP contribution in [0.5, 0.6) is 0 Å². The molecule has 0 radical (unpaired) electrons. The molecule has 1 aromatic rings. The van der Waals surface area contributed by atoms with Gasteiger partial charge in [0, 0.05) is 31.5 Å². The highest BCUT2D eigenvalue weighted by Crippen LogP contribution is 2.12. The van der Waals surface area contributed by atoms with Crippen molar-refractivity contribution < 1.29 is 0 Å². The van der Waals surface area contributed by atoms with Crippen molar-refractivity contribution in [3.63, 3.8) is 0 Å². The lowest BCUT2D eigenvalue weighted by Crippen LogP contribution is -2.43. The maximum atomic E-state index is 4.24. The molecule has 100 valence electrons. The van der Waals surface area contributed by atoms with Gasteiger partial charge in [-0.2, -0.15) is 0 Å². The minimum absolute atomic E-state index is 0.677. The molecule has 1 aliphatic rings. The highest BCUT2D eigenvalue weighted by atomic mass is 15.1. The van der Waals surface area contributed by atoms with Crippen LogP contribution in [-0.4, -0.2) is 35.6 Å². The van der Waals surface area contributed by atoms with E-state index in [9.17, 15) is 0 Å². The van der Waals surface area contributed by atoms with Crippen LogP contribution >= 0.6 is 0 Å². The van der Waals surface area contributed by atoms with Gasteiger partial charge in [-0.1, -0.05) is 13.3 Å². The van der Waals surface area contributed by atoms with Crippen LogP contribution in [0.3, 0.4) is 0 Å². The Morgan fingerprint density at radius 2 is 2.33 bits per heavy atom. The number of nitrogens with zero attached hydrogens (tertiary/aromatic N) is 2. The predicted molar refractivity (Wildman–Crippen MR) is 75.6 cm³/mol. The van der Waals surface area contributed by atoms with E-state index < -0.39 is 0 Å². The van der Waals surface area contributed by atoms with Gasteiger partial charge in [-0.3, -0.25) is 9.88 Å². The summed E-state index contributed by atoms with van der Waals surface area (Å²) in [6.45, 7) is 8.89. The van der Waals surface area contributed by atoms with Crippen LogP contribution in [0.15, 0.2) is 18.5 Å². The van der Waals surface area contributed by atoms with E-state index in [2.05, 4.69) is 35.1 Å². The summed E-state index contributed by atoms with van der Waals surface area (Å²) in [6.07, 6.45) is 7.91. The molecule has 2 heterocycles. The van der Waals surface area contributed by atoms with E-state index in [1.807, 2.05) is 12.4 Å².